The molecule has 1 saturated carbocycles. The highest BCUT2D eigenvalue weighted by molar-refractivity contribution is 5.96. The van der Waals surface area contributed by atoms with Crippen molar-refractivity contribution in [3.63, 3.8) is 0 Å². The van der Waals surface area contributed by atoms with Crippen molar-refractivity contribution in [2.45, 2.75) is 50.5 Å². The first-order chi connectivity index (χ1) is 10.4. The highest BCUT2D eigenvalue weighted by Crippen LogP contribution is 2.37. The maximum Gasteiger partial charge on any atom is 0.252 e. The van der Waals surface area contributed by atoms with Gasteiger partial charge in [-0.2, -0.15) is 0 Å². The molecule has 1 aliphatic carbocycles. The van der Waals surface area contributed by atoms with Crippen LogP contribution in [0.5, 0.6) is 0 Å². The van der Waals surface area contributed by atoms with Gasteiger partial charge in [-0.15, -0.1) is 12.4 Å². The van der Waals surface area contributed by atoms with E-state index < -0.39 is 12.0 Å². The molecule has 1 aliphatic heterocycles. The summed E-state index contributed by atoms with van der Waals surface area (Å²) < 4.78 is 25.7. The molecule has 0 unspecified atom stereocenters. The summed E-state index contributed by atoms with van der Waals surface area (Å²) in [6.07, 6.45) is 1.65. The molecular weight excluding hydrogens is 322 g/mol. The van der Waals surface area contributed by atoms with Gasteiger partial charge in [0.15, 0.2) is 0 Å². The fourth-order valence-electron chi connectivity index (χ4n) is 3.32. The molecule has 2 N–H and O–H groups in total. The molecular formula is C17H23ClF2N2O. The second-order valence-corrected chi connectivity index (χ2v) is 6.53. The van der Waals surface area contributed by atoms with Gasteiger partial charge in [0.05, 0.1) is 0 Å². The number of rotatable bonds is 3. The normalized spacial score (nSPS) is 21.2. The van der Waals surface area contributed by atoms with Crippen molar-refractivity contribution in [2.75, 3.05) is 13.1 Å². The fourth-order valence-corrected chi connectivity index (χ4v) is 3.32. The number of nitrogens with one attached hydrogen (secondary N) is 2. The van der Waals surface area contributed by atoms with Gasteiger partial charge in [-0.05, 0) is 56.0 Å². The zero-order chi connectivity index (χ0) is 15.7. The third-order valence-electron chi connectivity index (χ3n) is 4.74. The first kappa shape index (κ1) is 18.1. The molecule has 2 fully saturated rings. The third-order valence-corrected chi connectivity index (χ3v) is 4.74. The summed E-state index contributed by atoms with van der Waals surface area (Å²) >= 11 is 0. The van der Waals surface area contributed by atoms with Gasteiger partial charge in [0.2, 0.25) is 0 Å². The number of carbonyl (C=O) groups is 1. The minimum Gasteiger partial charge on any atom is -0.349 e. The van der Waals surface area contributed by atoms with Gasteiger partial charge < -0.3 is 10.6 Å². The third kappa shape index (κ3) is 4.21. The van der Waals surface area contributed by atoms with Crippen molar-refractivity contribution in [3.05, 3.63) is 34.9 Å². The number of piperidine rings is 1. The molecule has 0 bridgehead atoms. The van der Waals surface area contributed by atoms with Crippen LogP contribution in [0.15, 0.2) is 18.2 Å². The molecule has 1 aromatic rings. The van der Waals surface area contributed by atoms with Gasteiger partial charge in [-0.3, -0.25) is 4.79 Å². The van der Waals surface area contributed by atoms with Gasteiger partial charge in [0.1, 0.15) is 0 Å². The lowest BCUT2D eigenvalue weighted by Crippen LogP contribution is -2.50. The van der Waals surface area contributed by atoms with Crippen molar-refractivity contribution in [2.24, 2.45) is 0 Å². The van der Waals surface area contributed by atoms with Crippen molar-refractivity contribution in [3.8, 4) is 0 Å². The number of hydrogen-bond acceptors (Lipinski definition) is 2. The topological polar surface area (TPSA) is 41.1 Å². The summed E-state index contributed by atoms with van der Waals surface area (Å²) in [5, 5.41) is 6.06. The van der Waals surface area contributed by atoms with Gasteiger partial charge in [0, 0.05) is 24.4 Å². The molecule has 6 heteroatoms. The van der Waals surface area contributed by atoms with E-state index >= 15 is 0 Å². The summed E-state index contributed by atoms with van der Waals surface area (Å²) in [6.45, 7) is 3.88. The average Bonchev–Trinajstić information content (AvgIpc) is 2.46. The molecule has 0 aromatic heterocycles. The van der Waals surface area contributed by atoms with Crippen LogP contribution in [-0.4, -0.2) is 31.0 Å². The lowest BCUT2D eigenvalue weighted by molar-refractivity contribution is -0.0901. The van der Waals surface area contributed by atoms with E-state index in [1.807, 2.05) is 19.1 Å². The number of benzene rings is 1. The van der Waals surface area contributed by atoms with Crippen LogP contribution >= 0.6 is 12.4 Å². The highest BCUT2D eigenvalue weighted by atomic mass is 35.5. The maximum atomic E-state index is 12.9. The summed E-state index contributed by atoms with van der Waals surface area (Å²) in [6, 6.07) is 5.59. The number of carbonyl (C=O) groups excluding carboxylic acids is 1. The number of amides is 1. The largest absolute Gasteiger partial charge is 0.349 e. The lowest BCUT2D eigenvalue weighted by atomic mass is 9.86. The van der Waals surface area contributed by atoms with E-state index in [4.69, 9.17) is 0 Å². The number of alkyl halides is 2. The average molecular weight is 345 g/mol. The van der Waals surface area contributed by atoms with Crippen LogP contribution in [0, 0.1) is 6.92 Å². The molecule has 0 radical (unpaired) electrons. The van der Waals surface area contributed by atoms with E-state index in [0.717, 1.165) is 31.5 Å². The summed E-state index contributed by atoms with van der Waals surface area (Å²) in [4.78, 5) is 12.3. The second kappa shape index (κ2) is 7.14. The summed E-state index contributed by atoms with van der Waals surface area (Å²) in [7, 11) is 0. The molecule has 1 aromatic carbocycles. The van der Waals surface area contributed by atoms with Crippen molar-refractivity contribution < 1.29 is 13.6 Å². The van der Waals surface area contributed by atoms with Crippen molar-refractivity contribution >= 4 is 18.3 Å². The Morgan fingerprint density at radius 2 is 1.91 bits per heavy atom. The Morgan fingerprint density at radius 3 is 2.52 bits per heavy atom. The molecule has 2 aliphatic rings. The predicted octanol–water partition coefficient (Wildman–Crippen LogP) is 3.41. The van der Waals surface area contributed by atoms with Gasteiger partial charge in [-0.1, -0.05) is 12.1 Å². The Labute approximate surface area is 141 Å². The molecule has 1 saturated heterocycles. The zero-order valence-corrected chi connectivity index (χ0v) is 14.0. The highest BCUT2D eigenvalue weighted by Gasteiger charge is 2.46. The molecule has 3 rings (SSSR count). The van der Waals surface area contributed by atoms with Gasteiger partial charge in [0.25, 0.3) is 11.8 Å². The molecule has 3 nitrogen and oxygen atoms in total. The van der Waals surface area contributed by atoms with Crippen LogP contribution in [0.25, 0.3) is 0 Å². The minimum absolute atomic E-state index is 0. The Bertz CT molecular complexity index is 566. The monoisotopic (exact) mass is 344 g/mol. The quantitative estimate of drug-likeness (QED) is 0.882. The first-order valence-corrected chi connectivity index (χ1v) is 7.94. The second-order valence-electron chi connectivity index (χ2n) is 6.53. The van der Waals surface area contributed by atoms with Crippen LogP contribution < -0.4 is 10.6 Å². The molecule has 0 spiro atoms. The smallest absolute Gasteiger partial charge is 0.252 e. The molecule has 1 heterocycles. The number of aryl methyl sites for hydroxylation is 1. The zero-order valence-electron chi connectivity index (χ0n) is 13.2. The van der Waals surface area contributed by atoms with E-state index in [1.165, 1.54) is 5.56 Å². The van der Waals surface area contributed by atoms with Crippen LogP contribution in [0.2, 0.25) is 0 Å². The van der Waals surface area contributed by atoms with Crippen molar-refractivity contribution in [1.29, 1.82) is 0 Å². The van der Waals surface area contributed by atoms with E-state index in [1.54, 1.807) is 0 Å². The van der Waals surface area contributed by atoms with Crippen LogP contribution in [0.4, 0.5) is 8.78 Å². The Hall–Kier alpha value is -1.20. The standard InChI is InChI=1S/C17H22F2N2O.ClH/c1-11-2-3-13(12-4-6-20-7-5-12)8-15(11)16(22)21-14-9-17(18,19)10-14;/h2-3,8,12,14,20H,4-7,9-10H2,1H3,(H,21,22);1H. The summed E-state index contributed by atoms with van der Waals surface area (Å²) in [5.41, 5.74) is 2.68. The SMILES string of the molecule is Cc1ccc(C2CCNCC2)cc1C(=O)NC1CC(F)(F)C1.Cl. The molecule has 0 atom stereocenters. The van der Waals surface area contributed by atoms with E-state index in [2.05, 4.69) is 16.7 Å². The van der Waals surface area contributed by atoms with E-state index in [9.17, 15) is 13.6 Å². The number of halogens is 3. The molecule has 23 heavy (non-hydrogen) atoms. The van der Waals surface area contributed by atoms with Crippen LogP contribution in [-0.2, 0) is 0 Å². The van der Waals surface area contributed by atoms with Crippen LogP contribution in [0.1, 0.15) is 53.1 Å². The molecule has 128 valence electrons. The Balaban J connectivity index is 0.00000192. The van der Waals surface area contributed by atoms with Gasteiger partial charge in [-0.25, -0.2) is 8.78 Å². The van der Waals surface area contributed by atoms with E-state index in [0.29, 0.717) is 11.5 Å². The maximum absolute atomic E-state index is 12.9. The van der Waals surface area contributed by atoms with Gasteiger partial charge >= 0.3 is 0 Å². The van der Waals surface area contributed by atoms with Crippen molar-refractivity contribution in [1.82, 2.24) is 10.6 Å². The first-order valence-electron chi connectivity index (χ1n) is 7.94. The minimum atomic E-state index is -2.61. The number of hydrogen-bond donors (Lipinski definition) is 2. The lowest BCUT2D eigenvalue weighted by Gasteiger charge is -2.35. The van der Waals surface area contributed by atoms with E-state index in [-0.39, 0.29) is 31.2 Å². The Kier molecular flexibility index (Phi) is 5.63. The Morgan fingerprint density at radius 1 is 1.26 bits per heavy atom. The molecule has 1 amide bonds. The summed E-state index contributed by atoms with van der Waals surface area (Å²) in [5.74, 6) is -2.36. The van der Waals surface area contributed by atoms with Crippen LogP contribution in [0.3, 0.4) is 0 Å². The predicted molar refractivity (Wildman–Crippen MR) is 88.7 cm³/mol. The fraction of sp³-hybridized carbons (Fsp3) is 0.588.